The third-order valence-corrected chi connectivity index (χ3v) is 3.13. The Labute approximate surface area is 115 Å². The van der Waals surface area contributed by atoms with Crippen LogP contribution in [0.15, 0.2) is 18.2 Å². The molecule has 1 aromatic rings. The van der Waals surface area contributed by atoms with Crippen LogP contribution in [0, 0.1) is 0 Å². The molecule has 1 unspecified atom stereocenters. The topological polar surface area (TPSA) is 66.4 Å². The zero-order valence-electron chi connectivity index (χ0n) is 9.74. The summed E-state index contributed by atoms with van der Waals surface area (Å²) in [4.78, 5) is 22.4. The van der Waals surface area contributed by atoms with E-state index in [0.29, 0.717) is 22.0 Å². The van der Waals surface area contributed by atoms with Gasteiger partial charge in [-0.15, -0.1) is 0 Å². The van der Waals surface area contributed by atoms with E-state index in [-0.39, 0.29) is 12.3 Å². The van der Waals surface area contributed by atoms with Gasteiger partial charge in [-0.3, -0.25) is 4.79 Å². The number of carbonyl (C=O) groups excluding carboxylic acids is 1. The van der Waals surface area contributed by atoms with E-state index in [0.717, 1.165) is 0 Å². The van der Waals surface area contributed by atoms with Crippen LogP contribution in [0.3, 0.4) is 0 Å². The number of nitrogens with one attached hydrogen (secondary N) is 1. The van der Waals surface area contributed by atoms with Crippen LogP contribution >= 0.6 is 23.2 Å². The Balaban J connectivity index is 2.64. The summed E-state index contributed by atoms with van der Waals surface area (Å²) in [5.74, 6) is -1.40. The zero-order valence-corrected chi connectivity index (χ0v) is 11.3. The van der Waals surface area contributed by atoms with Crippen LogP contribution in [0.25, 0.3) is 0 Å². The summed E-state index contributed by atoms with van der Waals surface area (Å²) in [5, 5.41) is 12.0. The molecule has 98 valence electrons. The van der Waals surface area contributed by atoms with Crippen molar-refractivity contribution in [2.24, 2.45) is 0 Å². The second-order valence-electron chi connectivity index (χ2n) is 3.79. The Kier molecular flexibility index (Phi) is 5.44. The molecule has 4 nitrogen and oxygen atoms in total. The maximum Gasteiger partial charge on any atom is 0.326 e. The average molecular weight is 290 g/mol. The van der Waals surface area contributed by atoms with Crippen molar-refractivity contribution in [3.05, 3.63) is 33.8 Å². The standard InChI is InChI=1S/C12H13Cl2NO3/c1-2-10(12(17)18)15-11(16)6-7-3-4-8(13)9(14)5-7/h3-5,10H,2,6H2,1H3,(H,15,16)(H,17,18). The molecule has 0 heterocycles. The van der Waals surface area contributed by atoms with Crippen LogP contribution in [-0.4, -0.2) is 23.0 Å². The van der Waals surface area contributed by atoms with Crippen LogP contribution < -0.4 is 5.32 Å². The van der Waals surface area contributed by atoms with Crippen molar-refractivity contribution in [2.75, 3.05) is 0 Å². The minimum atomic E-state index is -1.04. The monoisotopic (exact) mass is 289 g/mol. The van der Waals surface area contributed by atoms with Gasteiger partial charge >= 0.3 is 5.97 Å². The fourth-order valence-corrected chi connectivity index (χ4v) is 1.74. The van der Waals surface area contributed by atoms with Gasteiger partial charge in [0, 0.05) is 0 Å². The van der Waals surface area contributed by atoms with Crippen LogP contribution in [0.4, 0.5) is 0 Å². The first-order valence-electron chi connectivity index (χ1n) is 5.40. The van der Waals surface area contributed by atoms with E-state index in [4.69, 9.17) is 28.3 Å². The Morgan fingerprint density at radius 2 is 2.00 bits per heavy atom. The maximum absolute atomic E-state index is 11.6. The second kappa shape index (κ2) is 6.61. The van der Waals surface area contributed by atoms with Crippen molar-refractivity contribution in [1.29, 1.82) is 0 Å². The molecule has 18 heavy (non-hydrogen) atoms. The number of aliphatic carboxylic acids is 1. The van der Waals surface area contributed by atoms with Crippen LogP contribution in [0.5, 0.6) is 0 Å². The predicted octanol–water partition coefficient (Wildman–Crippen LogP) is 2.52. The summed E-state index contributed by atoms with van der Waals surface area (Å²) in [6.45, 7) is 1.69. The SMILES string of the molecule is CCC(NC(=O)Cc1ccc(Cl)c(Cl)c1)C(=O)O. The number of carboxylic acids is 1. The number of carboxylic acid groups (broad SMARTS) is 1. The lowest BCUT2D eigenvalue weighted by atomic mass is 10.1. The number of benzene rings is 1. The number of hydrogen-bond donors (Lipinski definition) is 2. The number of hydrogen-bond acceptors (Lipinski definition) is 2. The van der Waals surface area contributed by atoms with E-state index in [2.05, 4.69) is 5.32 Å². The van der Waals surface area contributed by atoms with Gasteiger partial charge in [0.15, 0.2) is 0 Å². The molecule has 2 N–H and O–H groups in total. The van der Waals surface area contributed by atoms with Crippen molar-refractivity contribution < 1.29 is 14.7 Å². The van der Waals surface area contributed by atoms with Gasteiger partial charge in [-0.05, 0) is 24.1 Å². The van der Waals surface area contributed by atoms with Crippen molar-refractivity contribution >= 4 is 35.1 Å². The molecule has 1 aromatic carbocycles. The molecule has 1 atom stereocenters. The Hall–Kier alpha value is -1.26. The molecule has 1 rings (SSSR count). The molecule has 0 aliphatic rings. The Morgan fingerprint density at radius 1 is 1.33 bits per heavy atom. The lowest BCUT2D eigenvalue weighted by Gasteiger charge is -2.12. The lowest BCUT2D eigenvalue weighted by Crippen LogP contribution is -2.40. The van der Waals surface area contributed by atoms with Crippen molar-refractivity contribution in [1.82, 2.24) is 5.32 Å². The zero-order chi connectivity index (χ0) is 13.7. The molecule has 0 aromatic heterocycles. The summed E-state index contributed by atoms with van der Waals surface area (Å²) in [7, 11) is 0. The average Bonchev–Trinajstić information content (AvgIpc) is 2.30. The quantitative estimate of drug-likeness (QED) is 0.875. The number of amides is 1. The van der Waals surface area contributed by atoms with E-state index >= 15 is 0 Å². The lowest BCUT2D eigenvalue weighted by molar-refractivity contribution is -0.141. The Bertz CT molecular complexity index is 463. The van der Waals surface area contributed by atoms with Crippen molar-refractivity contribution in [3.63, 3.8) is 0 Å². The van der Waals surface area contributed by atoms with Gasteiger partial charge in [0.2, 0.25) is 5.91 Å². The summed E-state index contributed by atoms with van der Waals surface area (Å²) >= 11 is 11.6. The van der Waals surface area contributed by atoms with E-state index in [1.54, 1.807) is 25.1 Å². The summed E-state index contributed by atoms with van der Waals surface area (Å²) in [6, 6.07) is 4.00. The van der Waals surface area contributed by atoms with Crippen LogP contribution in [0.2, 0.25) is 10.0 Å². The van der Waals surface area contributed by atoms with E-state index < -0.39 is 12.0 Å². The van der Waals surface area contributed by atoms with Gasteiger partial charge in [-0.1, -0.05) is 36.2 Å². The highest BCUT2D eigenvalue weighted by atomic mass is 35.5. The molecular formula is C12H13Cl2NO3. The third kappa shape index (κ3) is 4.20. The van der Waals surface area contributed by atoms with Crippen LogP contribution in [-0.2, 0) is 16.0 Å². The molecule has 0 radical (unpaired) electrons. The fraction of sp³-hybridized carbons (Fsp3) is 0.333. The molecule has 0 aliphatic carbocycles. The maximum atomic E-state index is 11.6. The Morgan fingerprint density at radius 3 is 2.50 bits per heavy atom. The molecule has 0 aliphatic heterocycles. The molecule has 0 saturated heterocycles. The number of halogens is 2. The molecular weight excluding hydrogens is 277 g/mol. The number of rotatable bonds is 5. The largest absolute Gasteiger partial charge is 0.480 e. The number of carbonyl (C=O) groups is 2. The molecule has 0 bridgehead atoms. The van der Waals surface area contributed by atoms with Crippen LogP contribution in [0.1, 0.15) is 18.9 Å². The molecule has 6 heteroatoms. The molecule has 1 amide bonds. The first-order valence-corrected chi connectivity index (χ1v) is 6.15. The predicted molar refractivity (Wildman–Crippen MR) is 70.0 cm³/mol. The third-order valence-electron chi connectivity index (χ3n) is 2.39. The van der Waals surface area contributed by atoms with Gasteiger partial charge in [0.25, 0.3) is 0 Å². The normalized spacial score (nSPS) is 11.9. The van der Waals surface area contributed by atoms with Gasteiger partial charge in [0.1, 0.15) is 6.04 Å². The highest BCUT2D eigenvalue weighted by Crippen LogP contribution is 2.22. The molecule has 0 spiro atoms. The molecule has 0 saturated carbocycles. The minimum absolute atomic E-state index is 0.0701. The van der Waals surface area contributed by atoms with Gasteiger partial charge < -0.3 is 10.4 Å². The smallest absolute Gasteiger partial charge is 0.326 e. The summed E-state index contributed by atoms with van der Waals surface area (Å²) < 4.78 is 0. The summed E-state index contributed by atoms with van der Waals surface area (Å²) in [5.41, 5.74) is 0.683. The fourth-order valence-electron chi connectivity index (χ4n) is 1.42. The highest BCUT2D eigenvalue weighted by molar-refractivity contribution is 6.42. The van der Waals surface area contributed by atoms with E-state index in [1.807, 2.05) is 0 Å². The minimum Gasteiger partial charge on any atom is -0.480 e. The summed E-state index contributed by atoms with van der Waals surface area (Å²) in [6.07, 6.45) is 0.406. The van der Waals surface area contributed by atoms with E-state index in [9.17, 15) is 9.59 Å². The first kappa shape index (κ1) is 14.8. The molecule has 0 fully saturated rings. The van der Waals surface area contributed by atoms with Gasteiger partial charge in [0.05, 0.1) is 16.5 Å². The van der Waals surface area contributed by atoms with E-state index in [1.165, 1.54) is 0 Å². The van der Waals surface area contributed by atoms with Crippen molar-refractivity contribution in [2.45, 2.75) is 25.8 Å². The second-order valence-corrected chi connectivity index (χ2v) is 4.61. The highest BCUT2D eigenvalue weighted by Gasteiger charge is 2.17. The van der Waals surface area contributed by atoms with Gasteiger partial charge in [-0.25, -0.2) is 4.79 Å². The van der Waals surface area contributed by atoms with Gasteiger partial charge in [-0.2, -0.15) is 0 Å². The first-order chi connectivity index (χ1) is 8.43. The van der Waals surface area contributed by atoms with Crippen molar-refractivity contribution in [3.8, 4) is 0 Å².